The number of aryl methyl sites for hydroxylation is 2. The van der Waals surface area contributed by atoms with Gasteiger partial charge in [-0.15, -0.1) is 0 Å². The first kappa shape index (κ1) is 13.3. The van der Waals surface area contributed by atoms with Crippen LogP contribution in [0.4, 0.5) is 0 Å². The Morgan fingerprint density at radius 2 is 1.94 bits per heavy atom. The molecule has 0 bridgehead atoms. The van der Waals surface area contributed by atoms with Gasteiger partial charge < -0.3 is 4.90 Å². The van der Waals surface area contributed by atoms with Crippen molar-refractivity contribution in [2.24, 2.45) is 5.92 Å². The number of likely N-dealkylation sites (tertiary alicyclic amines) is 1. The molecule has 18 heavy (non-hydrogen) atoms. The minimum atomic E-state index is 0.101. The highest BCUT2D eigenvalue weighted by Gasteiger charge is 2.21. The third-order valence-electron chi connectivity index (χ3n) is 3.84. The van der Waals surface area contributed by atoms with Crippen LogP contribution in [0, 0.1) is 19.8 Å². The Labute approximate surface area is 110 Å². The second-order valence-electron chi connectivity index (χ2n) is 5.59. The molecule has 1 aliphatic heterocycles. The summed E-state index contributed by atoms with van der Waals surface area (Å²) in [6, 6.07) is 6.14. The lowest BCUT2D eigenvalue weighted by Gasteiger charge is -2.20. The average Bonchev–Trinajstić information content (AvgIpc) is 2.84. The lowest BCUT2D eigenvalue weighted by Crippen LogP contribution is -2.29. The predicted octanol–water partition coefficient (Wildman–Crippen LogP) is 3.22. The van der Waals surface area contributed by atoms with E-state index in [1.807, 2.05) is 26.0 Å². The Kier molecular flexibility index (Phi) is 4.18. The van der Waals surface area contributed by atoms with Crippen LogP contribution in [0.15, 0.2) is 18.2 Å². The molecule has 0 radical (unpaired) electrons. The van der Waals surface area contributed by atoms with Crippen molar-refractivity contribution in [2.45, 2.75) is 33.6 Å². The van der Waals surface area contributed by atoms with Gasteiger partial charge in [0, 0.05) is 18.0 Å². The van der Waals surface area contributed by atoms with E-state index in [0.29, 0.717) is 5.78 Å². The van der Waals surface area contributed by atoms with Crippen LogP contribution in [0.5, 0.6) is 0 Å². The van der Waals surface area contributed by atoms with E-state index in [1.54, 1.807) is 0 Å². The molecule has 2 heteroatoms. The van der Waals surface area contributed by atoms with Crippen LogP contribution in [-0.4, -0.2) is 30.3 Å². The SMILES string of the molecule is Cc1ccc(C)c(C(=O)C(C)CN2CCCC2)c1. The Bertz CT molecular complexity index is 433. The van der Waals surface area contributed by atoms with Gasteiger partial charge >= 0.3 is 0 Å². The summed E-state index contributed by atoms with van der Waals surface area (Å²) in [5.74, 6) is 0.395. The maximum Gasteiger partial charge on any atom is 0.167 e. The van der Waals surface area contributed by atoms with Crippen LogP contribution in [0.1, 0.15) is 41.3 Å². The van der Waals surface area contributed by atoms with E-state index in [9.17, 15) is 4.79 Å². The summed E-state index contributed by atoms with van der Waals surface area (Å²) >= 11 is 0. The van der Waals surface area contributed by atoms with Crippen molar-refractivity contribution in [3.8, 4) is 0 Å². The van der Waals surface area contributed by atoms with Crippen molar-refractivity contribution in [3.05, 3.63) is 34.9 Å². The smallest absolute Gasteiger partial charge is 0.167 e. The number of benzene rings is 1. The third-order valence-corrected chi connectivity index (χ3v) is 3.84. The molecule has 1 aromatic carbocycles. The van der Waals surface area contributed by atoms with Crippen LogP contribution in [0.3, 0.4) is 0 Å². The minimum Gasteiger partial charge on any atom is -0.303 e. The van der Waals surface area contributed by atoms with Crippen LogP contribution in [-0.2, 0) is 0 Å². The zero-order valence-corrected chi connectivity index (χ0v) is 11.7. The van der Waals surface area contributed by atoms with E-state index in [4.69, 9.17) is 0 Å². The normalized spacial score (nSPS) is 17.9. The number of ketones is 1. The van der Waals surface area contributed by atoms with Gasteiger partial charge in [-0.2, -0.15) is 0 Å². The summed E-state index contributed by atoms with van der Waals surface area (Å²) in [6.07, 6.45) is 2.56. The molecule has 0 spiro atoms. The molecule has 2 rings (SSSR count). The van der Waals surface area contributed by atoms with Gasteiger partial charge in [-0.05, 0) is 51.4 Å². The topological polar surface area (TPSA) is 20.3 Å². The Balaban J connectivity index is 2.07. The van der Waals surface area contributed by atoms with Crippen LogP contribution in [0.25, 0.3) is 0 Å². The fourth-order valence-electron chi connectivity index (χ4n) is 2.70. The molecule has 0 saturated carbocycles. The molecular formula is C16H23NO. The molecule has 1 saturated heterocycles. The average molecular weight is 245 g/mol. The molecule has 1 heterocycles. The van der Waals surface area contributed by atoms with Crippen molar-refractivity contribution in [2.75, 3.05) is 19.6 Å². The van der Waals surface area contributed by atoms with Gasteiger partial charge in [0.2, 0.25) is 0 Å². The standard InChI is InChI=1S/C16H23NO/c1-12-6-7-13(2)15(10-12)16(18)14(3)11-17-8-4-5-9-17/h6-7,10,14H,4-5,8-9,11H2,1-3H3. The number of rotatable bonds is 4. The Morgan fingerprint density at radius 1 is 1.28 bits per heavy atom. The van der Waals surface area contributed by atoms with Crippen molar-refractivity contribution < 1.29 is 4.79 Å². The molecule has 0 aliphatic carbocycles. The van der Waals surface area contributed by atoms with Gasteiger partial charge in [0.25, 0.3) is 0 Å². The van der Waals surface area contributed by atoms with Gasteiger partial charge in [-0.1, -0.05) is 24.6 Å². The van der Waals surface area contributed by atoms with Crippen LogP contribution < -0.4 is 0 Å². The van der Waals surface area contributed by atoms with Gasteiger partial charge in [-0.25, -0.2) is 0 Å². The highest BCUT2D eigenvalue weighted by atomic mass is 16.1. The summed E-state index contributed by atoms with van der Waals surface area (Å²) in [6.45, 7) is 9.35. The maximum absolute atomic E-state index is 12.5. The second-order valence-corrected chi connectivity index (χ2v) is 5.59. The fraction of sp³-hybridized carbons (Fsp3) is 0.562. The zero-order chi connectivity index (χ0) is 13.1. The summed E-state index contributed by atoms with van der Waals surface area (Å²) in [5, 5.41) is 0. The number of hydrogen-bond acceptors (Lipinski definition) is 2. The van der Waals surface area contributed by atoms with E-state index in [-0.39, 0.29) is 5.92 Å². The monoisotopic (exact) mass is 245 g/mol. The number of carbonyl (C=O) groups excluding carboxylic acids is 1. The van der Waals surface area contributed by atoms with Crippen molar-refractivity contribution in [1.82, 2.24) is 4.90 Å². The molecular weight excluding hydrogens is 222 g/mol. The fourth-order valence-corrected chi connectivity index (χ4v) is 2.70. The molecule has 1 aromatic rings. The molecule has 1 fully saturated rings. The third kappa shape index (κ3) is 2.99. The molecule has 0 N–H and O–H groups in total. The van der Waals surface area contributed by atoms with E-state index in [2.05, 4.69) is 17.9 Å². The van der Waals surface area contributed by atoms with Gasteiger partial charge in [0.15, 0.2) is 5.78 Å². The number of nitrogens with zero attached hydrogens (tertiary/aromatic N) is 1. The first-order valence-electron chi connectivity index (χ1n) is 6.92. The summed E-state index contributed by atoms with van der Waals surface area (Å²) in [7, 11) is 0. The van der Waals surface area contributed by atoms with Gasteiger partial charge in [0.1, 0.15) is 0 Å². The van der Waals surface area contributed by atoms with Gasteiger partial charge in [-0.3, -0.25) is 4.79 Å². The van der Waals surface area contributed by atoms with Crippen LogP contribution in [0.2, 0.25) is 0 Å². The lowest BCUT2D eigenvalue weighted by molar-refractivity contribution is 0.0902. The quantitative estimate of drug-likeness (QED) is 0.759. The van der Waals surface area contributed by atoms with E-state index >= 15 is 0 Å². The Hall–Kier alpha value is -1.15. The molecule has 1 atom stereocenters. The molecule has 0 amide bonds. The Morgan fingerprint density at radius 3 is 2.61 bits per heavy atom. The van der Waals surface area contributed by atoms with E-state index in [1.165, 1.54) is 12.8 Å². The molecule has 1 aliphatic rings. The number of hydrogen-bond donors (Lipinski definition) is 0. The highest BCUT2D eigenvalue weighted by Crippen LogP contribution is 2.18. The number of carbonyl (C=O) groups is 1. The minimum absolute atomic E-state index is 0.101. The lowest BCUT2D eigenvalue weighted by atomic mass is 9.94. The highest BCUT2D eigenvalue weighted by molar-refractivity contribution is 5.99. The maximum atomic E-state index is 12.5. The first-order valence-corrected chi connectivity index (χ1v) is 6.92. The predicted molar refractivity (Wildman–Crippen MR) is 75.1 cm³/mol. The largest absolute Gasteiger partial charge is 0.303 e. The van der Waals surface area contributed by atoms with Crippen molar-refractivity contribution in [1.29, 1.82) is 0 Å². The van der Waals surface area contributed by atoms with E-state index in [0.717, 1.165) is 36.3 Å². The molecule has 98 valence electrons. The summed E-state index contributed by atoms with van der Waals surface area (Å²) in [5.41, 5.74) is 3.16. The van der Waals surface area contributed by atoms with Gasteiger partial charge in [0.05, 0.1) is 0 Å². The molecule has 2 nitrogen and oxygen atoms in total. The summed E-state index contributed by atoms with van der Waals surface area (Å²) in [4.78, 5) is 14.9. The second kappa shape index (κ2) is 5.66. The zero-order valence-electron chi connectivity index (χ0n) is 11.7. The molecule has 0 aromatic heterocycles. The van der Waals surface area contributed by atoms with Crippen molar-refractivity contribution in [3.63, 3.8) is 0 Å². The summed E-state index contributed by atoms with van der Waals surface area (Å²) < 4.78 is 0. The first-order chi connectivity index (χ1) is 8.58. The van der Waals surface area contributed by atoms with Crippen molar-refractivity contribution >= 4 is 5.78 Å². The number of Topliss-reactive ketones (excluding diaryl/α,β-unsaturated/α-hetero) is 1. The van der Waals surface area contributed by atoms with E-state index < -0.39 is 0 Å². The molecule has 1 unspecified atom stereocenters. The van der Waals surface area contributed by atoms with Crippen LogP contribution >= 0.6 is 0 Å².